The van der Waals surface area contributed by atoms with E-state index in [2.05, 4.69) is 0 Å². The summed E-state index contributed by atoms with van der Waals surface area (Å²) in [5.74, 6) is -0.0637. The van der Waals surface area contributed by atoms with Crippen molar-refractivity contribution in [2.24, 2.45) is 7.05 Å². The van der Waals surface area contributed by atoms with Crippen LogP contribution in [0.4, 0.5) is 4.79 Å². The summed E-state index contributed by atoms with van der Waals surface area (Å²) in [5, 5.41) is 15.5. The van der Waals surface area contributed by atoms with E-state index in [1.807, 2.05) is 67.6 Å². The van der Waals surface area contributed by atoms with Gasteiger partial charge in [0, 0.05) is 52.0 Å². The predicted molar refractivity (Wildman–Crippen MR) is 143 cm³/mol. The van der Waals surface area contributed by atoms with Crippen LogP contribution in [0.15, 0.2) is 77.7 Å². The number of benzene rings is 2. The minimum absolute atomic E-state index is 0.0222. The molecule has 8 heteroatoms. The monoisotopic (exact) mass is 500 g/mol. The summed E-state index contributed by atoms with van der Waals surface area (Å²) in [7, 11) is 1.72. The minimum Gasteiger partial charge on any atom is -0.438 e. The van der Waals surface area contributed by atoms with Crippen LogP contribution < -0.4 is 5.56 Å². The van der Waals surface area contributed by atoms with Crippen LogP contribution in [0.5, 0.6) is 0 Å². The molecule has 3 aromatic rings. The first kappa shape index (κ1) is 25.9. The number of aryl methyl sites for hydroxylation is 1. The minimum atomic E-state index is -0.872. The molecule has 192 valence electrons. The number of carbonyl (C=O) groups excluding carboxylic acids is 1. The van der Waals surface area contributed by atoms with Crippen molar-refractivity contribution in [3.05, 3.63) is 94.4 Å². The molecule has 0 bridgehead atoms. The Labute approximate surface area is 216 Å². The molecular formula is C29H32N4O4. The van der Waals surface area contributed by atoms with Gasteiger partial charge in [0.25, 0.3) is 5.56 Å². The number of rotatable bonds is 7. The summed E-state index contributed by atoms with van der Waals surface area (Å²) in [4.78, 5) is 27.0. The molecule has 2 heterocycles. The molecule has 0 aliphatic carbocycles. The second-order valence-corrected chi connectivity index (χ2v) is 9.42. The van der Waals surface area contributed by atoms with Gasteiger partial charge in [-0.1, -0.05) is 54.6 Å². The summed E-state index contributed by atoms with van der Waals surface area (Å²) in [6, 6.07) is 20.8. The lowest BCUT2D eigenvalue weighted by Crippen LogP contribution is -2.49. The normalized spacial score (nSPS) is 18.1. The maximum Gasteiger partial charge on any atom is 0.411 e. The number of hydrogen-bond donors (Lipinski definition) is 2. The molecule has 1 amide bonds. The fourth-order valence-electron chi connectivity index (χ4n) is 4.70. The molecule has 2 N–H and O–H groups in total. The van der Waals surface area contributed by atoms with Gasteiger partial charge in [0.15, 0.2) is 11.8 Å². The van der Waals surface area contributed by atoms with Crippen LogP contribution in [0.1, 0.15) is 50.3 Å². The SMILES string of the molecule is CC(=N)OC(=N)CC[C@]1(c2ccccc2)CCN([C@@H](C)c2ccc(-c3ccn(C)c(=O)c3)cc2)C(=O)O1. The van der Waals surface area contributed by atoms with Crippen LogP contribution in [0.25, 0.3) is 11.1 Å². The summed E-state index contributed by atoms with van der Waals surface area (Å²) in [5.41, 5.74) is 2.69. The van der Waals surface area contributed by atoms with E-state index in [4.69, 9.17) is 20.3 Å². The van der Waals surface area contributed by atoms with Gasteiger partial charge in [-0.3, -0.25) is 15.6 Å². The fourth-order valence-corrected chi connectivity index (χ4v) is 4.70. The third-order valence-electron chi connectivity index (χ3n) is 6.90. The highest BCUT2D eigenvalue weighted by Crippen LogP contribution is 2.40. The van der Waals surface area contributed by atoms with Gasteiger partial charge < -0.3 is 18.9 Å². The summed E-state index contributed by atoms with van der Waals surface area (Å²) in [6.07, 6.45) is 2.54. The van der Waals surface area contributed by atoms with Crippen LogP contribution in [0, 0.1) is 10.8 Å². The molecule has 1 aliphatic heterocycles. The van der Waals surface area contributed by atoms with E-state index in [1.54, 1.807) is 24.2 Å². The van der Waals surface area contributed by atoms with Crippen molar-refractivity contribution < 1.29 is 14.3 Å². The van der Waals surface area contributed by atoms with E-state index in [0.29, 0.717) is 19.4 Å². The Morgan fingerprint density at radius 3 is 2.38 bits per heavy atom. The van der Waals surface area contributed by atoms with E-state index >= 15 is 0 Å². The van der Waals surface area contributed by atoms with E-state index in [9.17, 15) is 9.59 Å². The Morgan fingerprint density at radius 1 is 1.05 bits per heavy atom. The van der Waals surface area contributed by atoms with E-state index < -0.39 is 11.7 Å². The molecule has 0 spiro atoms. The lowest BCUT2D eigenvalue weighted by molar-refractivity contribution is -0.0648. The number of carbonyl (C=O) groups is 1. The smallest absolute Gasteiger partial charge is 0.411 e. The van der Waals surface area contributed by atoms with Gasteiger partial charge in [-0.05, 0) is 35.2 Å². The largest absolute Gasteiger partial charge is 0.438 e. The number of amides is 1. The number of aromatic nitrogens is 1. The Balaban J connectivity index is 1.50. The number of nitrogens with zero attached hydrogens (tertiary/aromatic N) is 2. The van der Waals surface area contributed by atoms with Gasteiger partial charge in [0.1, 0.15) is 5.60 Å². The highest BCUT2D eigenvalue weighted by molar-refractivity contribution is 5.87. The Morgan fingerprint density at radius 2 is 1.76 bits per heavy atom. The van der Waals surface area contributed by atoms with Crippen LogP contribution in [-0.2, 0) is 22.1 Å². The van der Waals surface area contributed by atoms with E-state index in [-0.39, 0.29) is 29.8 Å². The van der Waals surface area contributed by atoms with Gasteiger partial charge in [0.2, 0.25) is 0 Å². The molecule has 37 heavy (non-hydrogen) atoms. The second kappa shape index (κ2) is 10.8. The maximum absolute atomic E-state index is 13.3. The van der Waals surface area contributed by atoms with Gasteiger partial charge in [-0.2, -0.15) is 0 Å². The average Bonchev–Trinajstić information content (AvgIpc) is 2.89. The molecule has 2 aromatic carbocycles. The number of nitrogens with one attached hydrogen (secondary N) is 2. The quantitative estimate of drug-likeness (QED) is 0.324. The third-order valence-corrected chi connectivity index (χ3v) is 6.90. The molecule has 1 aliphatic rings. The fraction of sp³-hybridized carbons (Fsp3) is 0.310. The lowest BCUT2D eigenvalue weighted by Gasteiger charge is -2.43. The van der Waals surface area contributed by atoms with Crippen molar-refractivity contribution in [1.29, 1.82) is 10.8 Å². The van der Waals surface area contributed by atoms with Crippen molar-refractivity contribution in [2.75, 3.05) is 6.54 Å². The first-order valence-corrected chi connectivity index (χ1v) is 12.3. The molecule has 8 nitrogen and oxygen atoms in total. The molecule has 4 rings (SSSR count). The van der Waals surface area contributed by atoms with Crippen molar-refractivity contribution in [1.82, 2.24) is 9.47 Å². The number of pyridine rings is 1. The molecule has 0 unspecified atom stereocenters. The van der Waals surface area contributed by atoms with Crippen molar-refractivity contribution in [3.8, 4) is 11.1 Å². The number of cyclic esters (lactones) is 1. The number of ether oxygens (including phenoxy) is 2. The average molecular weight is 501 g/mol. The zero-order chi connectivity index (χ0) is 26.6. The maximum atomic E-state index is 13.3. The summed E-state index contributed by atoms with van der Waals surface area (Å²) >= 11 is 0. The van der Waals surface area contributed by atoms with Gasteiger partial charge >= 0.3 is 6.09 Å². The van der Waals surface area contributed by atoms with Crippen LogP contribution >= 0.6 is 0 Å². The summed E-state index contributed by atoms with van der Waals surface area (Å²) in [6.45, 7) is 3.94. The van der Waals surface area contributed by atoms with E-state index in [1.165, 1.54) is 11.5 Å². The van der Waals surface area contributed by atoms with Crippen molar-refractivity contribution in [2.45, 2.75) is 44.8 Å². The first-order chi connectivity index (χ1) is 17.7. The van der Waals surface area contributed by atoms with Crippen LogP contribution in [-0.4, -0.2) is 33.9 Å². The van der Waals surface area contributed by atoms with Crippen molar-refractivity contribution >= 4 is 17.9 Å². The Kier molecular flexibility index (Phi) is 7.57. The molecule has 1 aromatic heterocycles. The Bertz CT molecular complexity index is 1350. The molecular weight excluding hydrogens is 468 g/mol. The molecule has 0 saturated carbocycles. The molecule has 2 atom stereocenters. The van der Waals surface area contributed by atoms with Crippen LogP contribution in [0.2, 0.25) is 0 Å². The molecule has 1 fully saturated rings. The predicted octanol–water partition coefficient (Wildman–Crippen LogP) is 5.62. The number of hydrogen-bond acceptors (Lipinski definition) is 6. The van der Waals surface area contributed by atoms with E-state index in [0.717, 1.165) is 22.3 Å². The van der Waals surface area contributed by atoms with Gasteiger partial charge in [0.05, 0.1) is 6.04 Å². The first-order valence-electron chi connectivity index (χ1n) is 12.3. The van der Waals surface area contributed by atoms with Gasteiger partial charge in [-0.25, -0.2) is 4.79 Å². The van der Waals surface area contributed by atoms with Gasteiger partial charge in [-0.15, -0.1) is 0 Å². The highest BCUT2D eigenvalue weighted by atomic mass is 16.6. The second-order valence-electron chi connectivity index (χ2n) is 9.42. The third kappa shape index (κ3) is 5.80. The highest BCUT2D eigenvalue weighted by Gasteiger charge is 2.43. The lowest BCUT2D eigenvalue weighted by atomic mass is 9.84. The summed E-state index contributed by atoms with van der Waals surface area (Å²) < 4.78 is 12.8. The Hall–Kier alpha value is -4.20. The van der Waals surface area contributed by atoms with Crippen molar-refractivity contribution in [3.63, 3.8) is 0 Å². The molecule has 0 radical (unpaired) electrons. The molecule has 1 saturated heterocycles. The van der Waals surface area contributed by atoms with Crippen LogP contribution in [0.3, 0.4) is 0 Å². The zero-order valence-electron chi connectivity index (χ0n) is 21.4. The topological polar surface area (TPSA) is 108 Å². The zero-order valence-corrected chi connectivity index (χ0v) is 21.4. The standard InChI is InChI=1S/C29H32N4O4/c1-20(22-9-11-23(12-10-22)24-14-17-32(3)27(34)19-24)33-18-16-29(37-28(33)35,25-7-5-4-6-8-25)15-13-26(31)36-21(2)30/h4-12,14,17,19-20,30-31H,13,15-16,18H2,1-3H3/t20-,29+/m0/s1.